The van der Waals surface area contributed by atoms with Crippen LogP contribution in [0.1, 0.15) is 103 Å². The van der Waals surface area contributed by atoms with Crippen molar-refractivity contribution < 1.29 is 22.7 Å². The number of halogens is 1. The van der Waals surface area contributed by atoms with Crippen molar-refractivity contribution >= 4 is 50.4 Å². The van der Waals surface area contributed by atoms with Gasteiger partial charge < -0.3 is 15.0 Å². The standard InChI is InChI=1S/C40H57ClN4O5S/c1-8-13-15-17-29-19-22-37(30(26-29)18-16-14-9-2)50-36(11-4)40(47)44-35-27-34(32(10-3)38(41)39(35)46)43-33-21-20-31(25-28(33)6)45(12-5)24-23-42-51(7,48)49/h19-22,25-27,36,42H,8-18,23-24H2,1-7H3,(H,44,47). The third kappa shape index (κ3) is 12.6. The number of nitrogens with one attached hydrogen (secondary N) is 2. The molecule has 1 unspecified atom stereocenters. The van der Waals surface area contributed by atoms with Crippen LogP contribution in [-0.4, -0.2) is 57.8 Å². The van der Waals surface area contributed by atoms with Crippen LogP contribution in [0, 0.1) is 6.92 Å². The van der Waals surface area contributed by atoms with Gasteiger partial charge in [0.25, 0.3) is 5.91 Å². The van der Waals surface area contributed by atoms with Crippen molar-refractivity contribution in [3.05, 3.63) is 75.5 Å². The number of aryl methyl sites for hydroxylation is 3. The number of sulfonamides is 1. The van der Waals surface area contributed by atoms with Crippen molar-refractivity contribution in [3.63, 3.8) is 0 Å². The molecular formula is C40H57ClN4O5S. The molecule has 1 aliphatic rings. The van der Waals surface area contributed by atoms with Gasteiger partial charge in [0.1, 0.15) is 5.75 Å². The first-order chi connectivity index (χ1) is 24.3. The Morgan fingerprint density at radius 2 is 1.69 bits per heavy atom. The Morgan fingerprint density at radius 3 is 2.29 bits per heavy atom. The summed E-state index contributed by atoms with van der Waals surface area (Å²) >= 11 is 6.63. The summed E-state index contributed by atoms with van der Waals surface area (Å²) in [6.45, 7) is 13.6. The van der Waals surface area contributed by atoms with E-state index in [0.717, 1.165) is 61.6 Å². The van der Waals surface area contributed by atoms with E-state index in [1.54, 1.807) is 6.08 Å². The summed E-state index contributed by atoms with van der Waals surface area (Å²) in [4.78, 5) is 34.0. The third-order valence-electron chi connectivity index (χ3n) is 9.00. The topological polar surface area (TPSA) is 117 Å². The van der Waals surface area contributed by atoms with Gasteiger partial charge in [-0.3, -0.25) is 9.59 Å². The maximum Gasteiger partial charge on any atom is 0.265 e. The molecule has 3 rings (SSSR count). The Bertz CT molecular complexity index is 1720. The number of Topliss-reactive ketones (excluding diaryl/α,β-unsaturated/α-hetero) is 1. The number of allylic oxidation sites excluding steroid dienone is 3. The van der Waals surface area contributed by atoms with E-state index in [1.165, 1.54) is 18.4 Å². The van der Waals surface area contributed by atoms with Crippen molar-refractivity contribution in [2.75, 3.05) is 30.8 Å². The zero-order valence-corrected chi connectivity index (χ0v) is 33.1. The van der Waals surface area contributed by atoms with Crippen molar-refractivity contribution in [2.45, 2.75) is 112 Å². The largest absolute Gasteiger partial charge is 0.480 e. The molecule has 0 saturated heterocycles. The summed E-state index contributed by atoms with van der Waals surface area (Å²) in [7, 11) is -3.27. The zero-order chi connectivity index (χ0) is 37.6. The van der Waals surface area contributed by atoms with Crippen LogP contribution < -0.4 is 19.7 Å². The molecule has 0 spiro atoms. The van der Waals surface area contributed by atoms with E-state index in [9.17, 15) is 18.0 Å². The summed E-state index contributed by atoms with van der Waals surface area (Å²) < 4.78 is 31.9. The Hall–Kier alpha value is -3.47. The molecule has 1 amide bonds. The predicted octanol–water partition coefficient (Wildman–Crippen LogP) is 8.25. The van der Waals surface area contributed by atoms with Gasteiger partial charge in [0, 0.05) is 30.9 Å². The number of hydrogen-bond donors (Lipinski definition) is 2. The van der Waals surface area contributed by atoms with E-state index < -0.39 is 27.8 Å². The summed E-state index contributed by atoms with van der Waals surface area (Å²) in [6, 6.07) is 12.1. The number of rotatable bonds is 21. The van der Waals surface area contributed by atoms with Gasteiger partial charge in [0.2, 0.25) is 15.8 Å². The normalized spacial score (nSPS) is 14.9. The first-order valence-corrected chi connectivity index (χ1v) is 20.8. The Kier molecular flexibility index (Phi) is 16.9. The lowest BCUT2D eigenvalue weighted by atomic mass is 9.97. The number of ketones is 1. The monoisotopic (exact) mass is 740 g/mol. The second-order valence-electron chi connectivity index (χ2n) is 13.1. The van der Waals surface area contributed by atoms with Crippen LogP contribution in [0.4, 0.5) is 11.4 Å². The van der Waals surface area contributed by atoms with E-state index >= 15 is 0 Å². The number of aliphatic imine (C=N–C) groups is 1. The lowest BCUT2D eigenvalue weighted by molar-refractivity contribution is -0.128. The van der Waals surface area contributed by atoms with Crippen LogP contribution in [0.15, 0.2) is 63.8 Å². The minimum Gasteiger partial charge on any atom is -0.480 e. The fourth-order valence-electron chi connectivity index (χ4n) is 6.05. The zero-order valence-electron chi connectivity index (χ0n) is 31.5. The highest BCUT2D eigenvalue weighted by molar-refractivity contribution is 7.88. The van der Waals surface area contributed by atoms with Gasteiger partial charge in [-0.15, -0.1) is 0 Å². The molecule has 0 heterocycles. The summed E-state index contributed by atoms with van der Waals surface area (Å²) in [6.07, 6.45) is 11.5. The van der Waals surface area contributed by atoms with Crippen LogP contribution in [0.2, 0.25) is 0 Å². The first-order valence-electron chi connectivity index (χ1n) is 18.5. The lowest BCUT2D eigenvalue weighted by Gasteiger charge is -2.24. The van der Waals surface area contributed by atoms with Crippen LogP contribution >= 0.6 is 11.6 Å². The molecule has 2 N–H and O–H groups in total. The smallest absolute Gasteiger partial charge is 0.265 e. The molecule has 0 aliphatic heterocycles. The number of anilines is 1. The number of amides is 1. The molecule has 1 aliphatic carbocycles. The highest BCUT2D eigenvalue weighted by Gasteiger charge is 2.29. The van der Waals surface area contributed by atoms with E-state index in [1.807, 2.05) is 52.0 Å². The minimum absolute atomic E-state index is 0.0321. The predicted molar refractivity (Wildman–Crippen MR) is 211 cm³/mol. The maximum absolute atomic E-state index is 13.7. The second kappa shape index (κ2) is 20.5. The number of carbonyl (C=O) groups excluding carboxylic acids is 2. The fraction of sp³-hybridized carbons (Fsp3) is 0.525. The fourth-order valence-corrected chi connectivity index (χ4v) is 6.84. The number of carbonyl (C=O) groups is 2. The number of unbranched alkanes of at least 4 members (excludes halogenated alkanes) is 4. The number of likely N-dealkylation sites (N-methyl/N-ethyl adjacent to an activating group) is 1. The molecule has 0 radical (unpaired) electrons. The van der Waals surface area contributed by atoms with Gasteiger partial charge in [-0.2, -0.15) is 0 Å². The van der Waals surface area contributed by atoms with Gasteiger partial charge in [0.15, 0.2) is 6.10 Å². The number of benzene rings is 2. The van der Waals surface area contributed by atoms with Gasteiger partial charge in [0.05, 0.1) is 28.4 Å². The SMILES string of the molecule is CCCCCc1ccc(OC(CC)C(=O)NC2=CC(=Nc3ccc(N(CC)CCNS(C)(=O)=O)cc3C)C(CC)=C(Cl)C2=O)c(CCCCC)c1. The quantitative estimate of drug-likeness (QED) is 0.0984. The van der Waals surface area contributed by atoms with Crippen LogP contribution in [0.5, 0.6) is 5.75 Å². The molecular weight excluding hydrogens is 684 g/mol. The third-order valence-corrected chi connectivity index (χ3v) is 10.1. The average Bonchev–Trinajstić information content (AvgIpc) is 3.09. The molecule has 280 valence electrons. The highest BCUT2D eigenvalue weighted by atomic mass is 35.5. The van der Waals surface area contributed by atoms with E-state index in [0.29, 0.717) is 55.2 Å². The van der Waals surface area contributed by atoms with Gasteiger partial charge >= 0.3 is 0 Å². The van der Waals surface area contributed by atoms with Crippen molar-refractivity contribution in [3.8, 4) is 5.75 Å². The van der Waals surface area contributed by atoms with Gasteiger partial charge in [-0.25, -0.2) is 18.1 Å². The molecule has 9 nitrogen and oxygen atoms in total. The number of ether oxygens (including phenoxy) is 1. The van der Waals surface area contributed by atoms with E-state index in [-0.39, 0.29) is 10.7 Å². The van der Waals surface area contributed by atoms with Crippen molar-refractivity contribution in [1.29, 1.82) is 0 Å². The van der Waals surface area contributed by atoms with Crippen LogP contribution in [0.3, 0.4) is 0 Å². The molecule has 51 heavy (non-hydrogen) atoms. The molecule has 2 aromatic carbocycles. The number of hydrogen-bond acceptors (Lipinski definition) is 7. The van der Waals surface area contributed by atoms with Crippen LogP contribution in [0.25, 0.3) is 0 Å². The molecule has 11 heteroatoms. The summed E-state index contributed by atoms with van der Waals surface area (Å²) in [5.41, 5.74) is 6.07. The maximum atomic E-state index is 13.7. The van der Waals surface area contributed by atoms with E-state index in [4.69, 9.17) is 21.3 Å². The van der Waals surface area contributed by atoms with Crippen LogP contribution in [-0.2, 0) is 32.5 Å². The second-order valence-corrected chi connectivity index (χ2v) is 15.3. The highest BCUT2D eigenvalue weighted by Crippen LogP contribution is 2.31. The molecule has 2 aromatic rings. The van der Waals surface area contributed by atoms with E-state index in [2.05, 4.69) is 40.9 Å². The lowest BCUT2D eigenvalue weighted by Crippen LogP contribution is -2.40. The summed E-state index contributed by atoms with van der Waals surface area (Å²) in [5.74, 6) is -0.171. The molecule has 1 atom stereocenters. The Morgan fingerprint density at radius 1 is 0.980 bits per heavy atom. The van der Waals surface area contributed by atoms with Gasteiger partial charge in [-0.05, 0) is 99.4 Å². The summed E-state index contributed by atoms with van der Waals surface area (Å²) in [5, 5.41) is 2.85. The molecule has 0 aromatic heterocycles. The molecule has 0 fully saturated rings. The Balaban J connectivity index is 1.85. The molecule has 0 saturated carbocycles. The Labute approximate surface area is 311 Å². The average molecular weight is 741 g/mol. The molecule has 0 bridgehead atoms. The van der Waals surface area contributed by atoms with Gasteiger partial charge in [-0.1, -0.05) is 77.1 Å². The van der Waals surface area contributed by atoms with Crippen molar-refractivity contribution in [1.82, 2.24) is 10.0 Å². The first kappa shape index (κ1) is 41.9. The van der Waals surface area contributed by atoms with Crippen molar-refractivity contribution in [2.24, 2.45) is 4.99 Å². The number of nitrogens with zero attached hydrogens (tertiary/aromatic N) is 2. The minimum atomic E-state index is -3.27.